The Morgan fingerprint density at radius 2 is 1.28 bits per heavy atom. The molecule has 0 aliphatic carbocycles. The summed E-state index contributed by atoms with van der Waals surface area (Å²) in [5, 5.41) is 11.0. The fraction of sp³-hybridized carbons (Fsp3) is 0.429. The van der Waals surface area contributed by atoms with Gasteiger partial charge in [0, 0.05) is 5.56 Å². The fourth-order valence-electron chi connectivity index (χ4n) is 2.08. The summed E-state index contributed by atoms with van der Waals surface area (Å²) in [6, 6.07) is 0. The van der Waals surface area contributed by atoms with Crippen molar-refractivity contribution in [2.75, 3.05) is 6.54 Å². The van der Waals surface area contributed by atoms with E-state index in [9.17, 15) is 9.59 Å². The first-order chi connectivity index (χ1) is 8.27. The third-order valence-electron chi connectivity index (χ3n) is 3.63. The van der Waals surface area contributed by atoms with Gasteiger partial charge < -0.3 is 10.4 Å². The molecule has 0 aliphatic heterocycles. The van der Waals surface area contributed by atoms with Gasteiger partial charge in [-0.15, -0.1) is 0 Å². The Labute approximate surface area is 107 Å². The lowest BCUT2D eigenvalue weighted by Gasteiger charge is -2.17. The van der Waals surface area contributed by atoms with Gasteiger partial charge >= 0.3 is 5.97 Å². The van der Waals surface area contributed by atoms with E-state index < -0.39 is 5.97 Å². The lowest BCUT2D eigenvalue weighted by atomic mass is 9.89. The SMILES string of the molecule is Cc1c(C)c(C)c(C(=O)NCC(=O)O)c(C)c1C. The molecule has 0 spiro atoms. The van der Waals surface area contributed by atoms with E-state index >= 15 is 0 Å². The molecule has 0 radical (unpaired) electrons. The quantitative estimate of drug-likeness (QED) is 0.861. The number of hydrogen-bond acceptors (Lipinski definition) is 2. The molecule has 18 heavy (non-hydrogen) atoms. The molecule has 0 saturated carbocycles. The summed E-state index contributed by atoms with van der Waals surface area (Å²) in [5.74, 6) is -1.36. The second kappa shape index (κ2) is 5.21. The molecule has 1 amide bonds. The van der Waals surface area contributed by atoms with E-state index in [4.69, 9.17) is 5.11 Å². The maximum atomic E-state index is 12.0. The number of carbonyl (C=O) groups excluding carboxylic acids is 1. The van der Waals surface area contributed by atoms with Crippen LogP contribution in [0.25, 0.3) is 0 Å². The molecule has 4 heteroatoms. The topological polar surface area (TPSA) is 66.4 Å². The molecule has 1 rings (SSSR count). The Bertz CT molecular complexity index is 489. The second-order valence-electron chi connectivity index (χ2n) is 4.58. The highest BCUT2D eigenvalue weighted by atomic mass is 16.4. The van der Waals surface area contributed by atoms with Crippen molar-refractivity contribution in [1.82, 2.24) is 5.32 Å². The minimum absolute atomic E-state index is 0.321. The molecule has 4 nitrogen and oxygen atoms in total. The molecule has 2 N–H and O–H groups in total. The predicted octanol–water partition coefficient (Wildman–Crippen LogP) is 2.04. The first kappa shape index (κ1) is 14.2. The Hall–Kier alpha value is -1.84. The number of carbonyl (C=O) groups is 2. The summed E-state index contributed by atoms with van der Waals surface area (Å²) in [6.45, 7) is 9.42. The fourth-order valence-corrected chi connectivity index (χ4v) is 2.08. The number of benzene rings is 1. The van der Waals surface area contributed by atoms with Gasteiger partial charge in [0.1, 0.15) is 6.54 Å². The normalized spacial score (nSPS) is 10.3. The van der Waals surface area contributed by atoms with Gasteiger partial charge in [-0.1, -0.05) is 0 Å². The van der Waals surface area contributed by atoms with Crippen molar-refractivity contribution in [2.45, 2.75) is 34.6 Å². The number of hydrogen-bond donors (Lipinski definition) is 2. The van der Waals surface area contributed by atoms with Crippen LogP contribution in [-0.2, 0) is 4.79 Å². The van der Waals surface area contributed by atoms with Crippen LogP contribution in [0.1, 0.15) is 38.2 Å². The Morgan fingerprint density at radius 1 is 0.889 bits per heavy atom. The lowest BCUT2D eigenvalue weighted by molar-refractivity contribution is -0.135. The number of nitrogens with one attached hydrogen (secondary N) is 1. The van der Waals surface area contributed by atoms with Crippen LogP contribution in [0, 0.1) is 34.6 Å². The van der Waals surface area contributed by atoms with Gasteiger partial charge in [-0.3, -0.25) is 9.59 Å². The molecular formula is C14H19NO3. The maximum absolute atomic E-state index is 12.0. The van der Waals surface area contributed by atoms with Gasteiger partial charge in [-0.05, 0) is 62.4 Å². The van der Waals surface area contributed by atoms with E-state index in [0.29, 0.717) is 5.56 Å². The number of amides is 1. The summed E-state index contributed by atoms with van der Waals surface area (Å²) < 4.78 is 0. The van der Waals surface area contributed by atoms with Crippen molar-refractivity contribution < 1.29 is 14.7 Å². The molecule has 0 saturated heterocycles. The zero-order chi connectivity index (χ0) is 14.0. The molecule has 0 unspecified atom stereocenters. The molecular weight excluding hydrogens is 230 g/mol. The minimum atomic E-state index is -1.04. The molecule has 1 aromatic rings. The predicted molar refractivity (Wildman–Crippen MR) is 70.1 cm³/mol. The van der Waals surface area contributed by atoms with E-state index in [1.807, 2.05) is 34.6 Å². The Kier molecular flexibility index (Phi) is 4.11. The van der Waals surface area contributed by atoms with E-state index in [1.165, 1.54) is 5.56 Å². The zero-order valence-corrected chi connectivity index (χ0v) is 11.5. The minimum Gasteiger partial charge on any atom is -0.480 e. The van der Waals surface area contributed by atoms with Gasteiger partial charge in [0.15, 0.2) is 0 Å². The summed E-state index contributed by atoms with van der Waals surface area (Å²) >= 11 is 0. The smallest absolute Gasteiger partial charge is 0.322 e. The standard InChI is InChI=1S/C14H19NO3/c1-7-8(2)10(4)13(11(5)9(7)3)14(18)15-6-12(16)17/h6H2,1-5H3,(H,15,18)(H,16,17). The highest BCUT2D eigenvalue weighted by Gasteiger charge is 2.18. The summed E-state index contributed by atoms with van der Waals surface area (Å²) in [6.07, 6.45) is 0. The number of rotatable bonds is 3. The molecule has 0 heterocycles. The third-order valence-corrected chi connectivity index (χ3v) is 3.63. The van der Waals surface area contributed by atoms with Crippen LogP contribution in [0.2, 0.25) is 0 Å². The van der Waals surface area contributed by atoms with Crippen molar-refractivity contribution >= 4 is 11.9 Å². The Morgan fingerprint density at radius 3 is 1.67 bits per heavy atom. The average Bonchev–Trinajstić information content (AvgIpc) is 2.31. The van der Waals surface area contributed by atoms with E-state index in [0.717, 1.165) is 22.3 Å². The van der Waals surface area contributed by atoms with E-state index in [1.54, 1.807) is 0 Å². The highest BCUT2D eigenvalue weighted by molar-refractivity contribution is 5.99. The monoisotopic (exact) mass is 249 g/mol. The zero-order valence-electron chi connectivity index (χ0n) is 11.5. The molecule has 0 fully saturated rings. The first-order valence-electron chi connectivity index (χ1n) is 5.84. The average molecular weight is 249 g/mol. The van der Waals surface area contributed by atoms with Gasteiger partial charge in [-0.2, -0.15) is 0 Å². The number of aliphatic carboxylic acids is 1. The van der Waals surface area contributed by atoms with Gasteiger partial charge in [0.05, 0.1) is 0 Å². The number of carboxylic acids is 1. The molecule has 0 bridgehead atoms. The van der Waals surface area contributed by atoms with Gasteiger partial charge in [-0.25, -0.2) is 0 Å². The van der Waals surface area contributed by atoms with Crippen molar-refractivity contribution in [1.29, 1.82) is 0 Å². The summed E-state index contributed by atoms with van der Waals surface area (Å²) in [5.41, 5.74) is 5.77. The highest BCUT2D eigenvalue weighted by Crippen LogP contribution is 2.25. The molecule has 0 aromatic heterocycles. The summed E-state index contributed by atoms with van der Waals surface area (Å²) in [4.78, 5) is 22.5. The van der Waals surface area contributed by atoms with Crippen molar-refractivity contribution in [3.05, 3.63) is 33.4 Å². The van der Waals surface area contributed by atoms with Crippen LogP contribution < -0.4 is 5.32 Å². The number of carboxylic acid groups (broad SMARTS) is 1. The molecule has 1 aromatic carbocycles. The molecule has 98 valence electrons. The van der Waals surface area contributed by atoms with Crippen molar-refractivity contribution in [3.63, 3.8) is 0 Å². The maximum Gasteiger partial charge on any atom is 0.322 e. The van der Waals surface area contributed by atoms with Crippen LogP contribution in [0.5, 0.6) is 0 Å². The van der Waals surface area contributed by atoms with Gasteiger partial charge in [0.25, 0.3) is 5.91 Å². The van der Waals surface area contributed by atoms with E-state index in [2.05, 4.69) is 5.32 Å². The largest absolute Gasteiger partial charge is 0.480 e. The Balaban J connectivity index is 3.24. The van der Waals surface area contributed by atoms with Crippen molar-refractivity contribution in [3.8, 4) is 0 Å². The van der Waals surface area contributed by atoms with Crippen LogP contribution in [0.4, 0.5) is 0 Å². The summed E-state index contributed by atoms with van der Waals surface area (Å²) in [7, 11) is 0. The van der Waals surface area contributed by atoms with Crippen LogP contribution in [0.3, 0.4) is 0 Å². The van der Waals surface area contributed by atoms with Crippen LogP contribution in [-0.4, -0.2) is 23.5 Å². The first-order valence-corrected chi connectivity index (χ1v) is 5.84. The lowest BCUT2D eigenvalue weighted by Crippen LogP contribution is -2.30. The molecule has 0 aliphatic rings. The van der Waals surface area contributed by atoms with Crippen molar-refractivity contribution in [2.24, 2.45) is 0 Å². The van der Waals surface area contributed by atoms with Crippen LogP contribution in [0.15, 0.2) is 0 Å². The third kappa shape index (κ3) is 2.53. The van der Waals surface area contributed by atoms with E-state index in [-0.39, 0.29) is 12.5 Å². The molecule has 0 atom stereocenters. The van der Waals surface area contributed by atoms with Crippen LogP contribution >= 0.6 is 0 Å². The second-order valence-corrected chi connectivity index (χ2v) is 4.58. The van der Waals surface area contributed by atoms with Gasteiger partial charge in [0.2, 0.25) is 0 Å².